The van der Waals surface area contributed by atoms with Gasteiger partial charge in [-0.05, 0) is 61.9 Å². The molecule has 0 bridgehead atoms. The fourth-order valence-corrected chi connectivity index (χ4v) is 4.90. The molecule has 2 aromatic carbocycles. The Hall–Kier alpha value is -4.88. The molecule has 50 heavy (non-hydrogen) atoms. The molecule has 3 rings (SSSR count). The lowest BCUT2D eigenvalue weighted by Gasteiger charge is -2.24. The van der Waals surface area contributed by atoms with Crippen LogP contribution in [0.25, 0.3) is 11.1 Å². The zero-order valence-electron chi connectivity index (χ0n) is 29.1. The lowest BCUT2D eigenvalue weighted by atomic mass is 9.97. The van der Waals surface area contributed by atoms with Crippen molar-refractivity contribution in [1.82, 2.24) is 20.4 Å². The lowest BCUT2D eigenvalue weighted by Crippen LogP contribution is -2.47. The van der Waals surface area contributed by atoms with E-state index in [9.17, 15) is 24.3 Å². The maximum atomic E-state index is 13.3. The number of esters is 2. The van der Waals surface area contributed by atoms with Gasteiger partial charge in [-0.1, -0.05) is 74.5 Å². The van der Waals surface area contributed by atoms with Crippen LogP contribution >= 0.6 is 11.6 Å². The van der Waals surface area contributed by atoms with Gasteiger partial charge in [-0.2, -0.15) is 5.10 Å². The highest BCUT2D eigenvalue weighted by atomic mass is 35.5. The lowest BCUT2D eigenvalue weighted by molar-refractivity contribution is -0.175. The minimum atomic E-state index is -1.69. The average molecular weight is 713 g/mol. The van der Waals surface area contributed by atoms with Gasteiger partial charge in [-0.15, -0.1) is 0 Å². The first-order valence-corrected chi connectivity index (χ1v) is 16.4. The molecule has 0 aliphatic heterocycles. The highest BCUT2D eigenvalue weighted by Crippen LogP contribution is 2.24. The summed E-state index contributed by atoms with van der Waals surface area (Å²) in [5.74, 6) is -2.51. The zero-order chi connectivity index (χ0) is 37.0. The summed E-state index contributed by atoms with van der Waals surface area (Å²) in [6.07, 6.45) is -0.943. The first-order valence-electron chi connectivity index (χ1n) is 16.0. The quantitative estimate of drug-likeness (QED) is 0.105. The number of hydrogen-bond donors (Lipinski definition) is 3. The summed E-state index contributed by atoms with van der Waals surface area (Å²) in [5.41, 5.74) is 1.95. The van der Waals surface area contributed by atoms with Crippen molar-refractivity contribution in [3.8, 4) is 17.0 Å². The molecular weight excluding hydrogens is 668 g/mol. The van der Waals surface area contributed by atoms with Crippen LogP contribution in [0.15, 0.2) is 67.3 Å². The smallest absolute Gasteiger partial charge is 0.408 e. The molecule has 1 aromatic heterocycles. The number of carbonyl (C=O) groups is 4. The third-order valence-corrected chi connectivity index (χ3v) is 7.36. The number of nitrogens with zero attached hydrogens (tertiary/aromatic N) is 2. The van der Waals surface area contributed by atoms with Gasteiger partial charge in [-0.25, -0.2) is 19.1 Å². The van der Waals surface area contributed by atoms with Crippen LogP contribution in [0.4, 0.5) is 4.79 Å². The van der Waals surface area contributed by atoms with Crippen molar-refractivity contribution in [1.29, 1.82) is 0 Å². The van der Waals surface area contributed by atoms with Gasteiger partial charge in [0.25, 0.3) is 5.91 Å². The number of ether oxygens (including phenoxy) is 4. The molecule has 2 amide bonds. The molecule has 13 nitrogen and oxygen atoms in total. The number of nitrogens with one attached hydrogen (secondary N) is 2. The molecule has 0 saturated heterocycles. The van der Waals surface area contributed by atoms with E-state index in [4.69, 9.17) is 30.5 Å². The van der Waals surface area contributed by atoms with E-state index in [0.717, 1.165) is 16.7 Å². The number of halogens is 1. The van der Waals surface area contributed by atoms with Gasteiger partial charge in [0, 0.05) is 30.6 Å². The third kappa shape index (κ3) is 12.5. The van der Waals surface area contributed by atoms with Crippen molar-refractivity contribution in [3.05, 3.63) is 83.5 Å². The number of alkyl carbamates (subject to hydrolysis) is 1. The van der Waals surface area contributed by atoms with Crippen LogP contribution in [0.3, 0.4) is 0 Å². The van der Waals surface area contributed by atoms with E-state index in [2.05, 4.69) is 22.3 Å². The van der Waals surface area contributed by atoms with E-state index in [1.807, 2.05) is 42.5 Å². The Balaban J connectivity index is 1.68. The van der Waals surface area contributed by atoms with Crippen LogP contribution in [-0.2, 0) is 37.3 Å². The number of aryl methyl sites for hydroxylation is 1. The molecule has 14 heteroatoms. The molecule has 1 heterocycles. The van der Waals surface area contributed by atoms with Crippen molar-refractivity contribution < 1.29 is 43.2 Å². The van der Waals surface area contributed by atoms with E-state index in [1.54, 1.807) is 53.8 Å². The Labute approximate surface area is 296 Å². The van der Waals surface area contributed by atoms with Gasteiger partial charge in [0.15, 0.2) is 11.8 Å². The maximum Gasteiger partial charge on any atom is 0.408 e. The van der Waals surface area contributed by atoms with Crippen LogP contribution in [-0.4, -0.2) is 76.0 Å². The number of carbonyl (C=O) groups excluding carboxylic acids is 4. The highest BCUT2D eigenvalue weighted by molar-refractivity contribution is 6.30. The number of aliphatic hydroxyl groups excluding tert-OH is 1. The number of rotatable bonds is 16. The Morgan fingerprint density at radius 3 is 2.30 bits per heavy atom. The summed E-state index contributed by atoms with van der Waals surface area (Å²) in [6.45, 7) is 11.5. The van der Waals surface area contributed by atoms with E-state index in [-0.39, 0.29) is 31.1 Å². The average Bonchev–Trinajstić information content (AvgIpc) is 3.42. The van der Waals surface area contributed by atoms with Gasteiger partial charge >= 0.3 is 18.0 Å². The number of aromatic nitrogens is 2. The second-order valence-corrected chi connectivity index (χ2v) is 13.3. The summed E-state index contributed by atoms with van der Waals surface area (Å²) in [7, 11) is 1.62. The van der Waals surface area contributed by atoms with Crippen LogP contribution in [0.1, 0.15) is 57.1 Å². The Kier molecular flexibility index (Phi) is 14.4. The molecule has 0 radical (unpaired) electrons. The summed E-state index contributed by atoms with van der Waals surface area (Å²) in [4.78, 5) is 50.9. The molecule has 0 saturated carbocycles. The molecular formula is C36H45ClN4O9. The molecule has 3 atom stereocenters. The molecule has 0 fully saturated rings. The predicted molar refractivity (Wildman–Crippen MR) is 186 cm³/mol. The number of benzene rings is 2. The van der Waals surface area contributed by atoms with Crippen LogP contribution in [0, 0.1) is 5.92 Å². The third-order valence-electron chi connectivity index (χ3n) is 7.12. The van der Waals surface area contributed by atoms with Gasteiger partial charge in [-0.3, -0.25) is 4.79 Å². The summed E-state index contributed by atoms with van der Waals surface area (Å²) in [6, 6.07) is 14.6. The van der Waals surface area contributed by atoms with Gasteiger partial charge in [0.2, 0.25) is 12.7 Å². The first-order chi connectivity index (χ1) is 23.6. The summed E-state index contributed by atoms with van der Waals surface area (Å²) >= 11 is 6.15. The second-order valence-electron chi connectivity index (χ2n) is 12.8. The van der Waals surface area contributed by atoms with Crippen molar-refractivity contribution in [3.63, 3.8) is 0 Å². The van der Waals surface area contributed by atoms with E-state index < -0.39 is 54.5 Å². The van der Waals surface area contributed by atoms with Crippen LogP contribution in [0.5, 0.6) is 5.88 Å². The second kappa shape index (κ2) is 18.2. The summed E-state index contributed by atoms with van der Waals surface area (Å²) < 4.78 is 22.2. The molecule has 0 aliphatic carbocycles. The van der Waals surface area contributed by atoms with E-state index in [1.165, 1.54) is 10.7 Å². The fraction of sp³-hybridized carbons (Fsp3) is 0.417. The number of amides is 2. The van der Waals surface area contributed by atoms with E-state index >= 15 is 0 Å². The minimum Gasteiger partial charge on any atom is -0.474 e. The standard InChI is InChI=1S/C36H45ClN4O9/c1-8-16-47-30-20-28(40-41(30)7)32(43)38-27(17-23-12-14-24(15-13-23)25-10-9-11-26(37)18-25)19-29(42)33(44)48-21-49-34(45)31(22(2)3)39-35(46)50-36(4,5)6/h8-15,18,20,22,27,29,31,42H,1,16-17,19,21H2,2-7H3,(H,38,43)(H,39,46)/t27-,29-,31?/m1/s1. The zero-order valence-corrected chi connectivity index (χ0v) is 29.9. The molecule has 0 aliphatic rings. The molecule has 3 aromatic rings. The Bertz CT molecular complexity index is 1630. The van der Waals surface area contributed by atoms with Crippen LogP contribution in [0.2, 0.25) is 5.02 Å². The van der Waals surface area contributed by atoms with Crippen molar-refractivity contribution in [2.45, 2.75) is 71.2 Å². The van der Waals surface area contributed by atoms with Gasteiger partial charge in [0.05, 0.1) is 0 Å². The maximum absolute atomic E-state index is 13.3. The van der Waals surface area contributed by atoms with Crippen molar-refractivity contribution >= 4 is 35.5 Å². The minimum absolute atomic E-state index is 0.0662. The van der Waals surface area contributed by atoms with Gasteiger partial charge in [0.1, 0.15) is 18.2 Å². The topological polar surface area (TPSA) is 167 Å². The number of hydrogen-bond acceptors (Lipinski definition) is 10. The SMILES string of the molecule is C=CCOc1cc(C(=O)N[C@H](Cc2ccc(-c3cccc(Cl)c3)cc2)C[C@@H](O)C(=O)OCOC(=O)C(NC(=O)OC(C)(C)C)C(C)C)nn1C. The molecule has 270 valence electrons. The number of aliphatic hydroxyl groups is 1. The summed E-state index contributed by atoms with van der Waals surface area (Å²) in [5, 5.41) is 20.9. The van der Waals surface area contributed by atoms with Gasteiger partial charge < -0.3 is 34.7 Å². The molecule has 0 spiro atoms. The first kappa shape index (κ1) is 39.6. The Morgan fingerprint density at radius 2 is 1.68 bits per heavy atom. The van der Waals surface area contributed by atoms with Crippen molar-refractivity contribution in [2.75, 3.05) is 13.4 Å². The fourth-order valence-electron chi connectivity index (χ4n) is 4.71. The highest BCUT2D eigenvalue weighted by Gasteiger charge is 2.30. The predicted octanol–water partition coefficient (Wildman–Crippen LogP) is 4.99. The normalized spacial score (nSPS) is 13.1. The monoisotopic (exact) mass is 712 g/mol. The Morgan fingerprint density at radius 1 is 1.00 bits per heavy atom. The molecule has 1 unspecified atom stereocenters. The van der Waals surface area contributed by atoms with Crippen LogP contribution < -0.4 is 15.4 Å². The van der Waals surface area contributed by atoms with E-state index in [0.29, 0.717) is 10.9 Å². The molecule has 3 N–H and O–H groups in total. The largest absolute Gasteiger partial charge is 0.474 e. The van der Waals surface area contributed by atoms with Crippen molar-refractivity contribution in [2.24, 2.45) is 13.0 Å².